The van der Waals surface area contributed by atoms with Crippen molar-refractivity contribution >= 4 is 17.6 Å². The molecule has 1 saturated heterocycles. The maximum absolute atomic E-state index is 12.5. The Bertz CT molecular complexity index is 577. The number of anilines is 1. The molecule has 2 fully saturated rings. The lowest BCUT2D eigenvalue weighted by atomic mass is 9.98. The van der Waals surface area contributed by atoms with Gasteiger partial charge in [0.2, 0.25) is 5.91 Å². The standard InChI is InChI=1S/C17H24N4O2/c1-11(19-17(23)20-13-5-3-2-4-6-13)16(22)21-9-12-7-8-15(18)14(12)10-21/h2-6,11-12,14-15H,7-10,18H2,1H3,(H2,19,20,23). The van der Waals surface area contributed by atoms with Gasteiger partial charge >= 0.3 is 6.03 Å². The van der Waals surface area contributed by atoms with E-state index in [-0.39, 0.29) is 18.0 Å². The minimum absolute atomic E-state index is 0.0326. The molecule has 3 rings (SSSR count). The Labute approximate surface area is 136 Å². The molecule has 0 bridgehead atoms. The summed E-state index contributed by atoms with van der Waals surface area (Å²) >= 11 is 0. The van der Waals surface area contributed by atoms with Crippen molar-refractivity contribution in [3.05, 3.63) is 30.3 Å². The number of urea groups is 1. The molecule has 4 N–H and O–H groups in total. The van der Waals surface area contributed by atoms with Crippen LogP contribution in [0.15, 0.2) is 30.3 Å². The third kappa shape index (κ3) is 3.47. The SMILES string of the molecule is CC(NC(=O)Nc1ccccc1)C(=O)N1CC2CCC(N)C2C1. The van der Waals surface area contributed by atoms with Crippen LogP contribution in [0.4, 0.5) is 10.5 Å². The van der Waals surface area contributed by atoms with Crippen molar-refractivity contribution in [2.24, 2.45) is 17.6 Å². The molecule has 6 heteroatoms. The molecule has 1 aromatic rings. The largest absolute Gasteiger partial charge is 0.340 e. The molecule has 1 heterocycles. The van der Waals surface area contributed by atoms with E-state index < -0.39 is 6.04 Å². The number of carbonyl (C=O) groups is 2. The molecule has 4 atom stereocenters. The number of para-hydroxylation sites is 1. The summed E-state index contributed by atoms with van der Waals surface area (Å²) in [6, 6.07) is 8.46. The van der Waals surface area contributed by atoms with Gasteiger partial charge in [0.15, 0.2) is 0 Å². The maximum Gasteiger partial charge on any atom is 0.319 e. The number of fused-ring (bicyclic) bond motifs is 1. The van der Waals surface area contributed by atoms with Gasteiger partial charge in [-0.25, -0.2) is 4.79 Å². The van der Waals surface area contributed by atoms with Crippen LogP contribution in [-0.4, -0.2) is 42.0 Å². The van der Waals surface area contributed by atoms with E-state index in [0.29, 0.717) is 17.5 Å². The first-order valence-corrected chi connectivity index (χ1v) is 8.21. The van der Waals surface area contributed by atoms with Crippen LogP contribution in [0.5, 0.6) is 0 Å². The number of benzene rings is 1. The highest BCUT2D eigenvalue weighted by Crippen LogP contribution is 2.37. The van der Waals surface area contributed by atoms with Gasteiger partial charge in [-0.3, -0.25) is 4.79 Å². The molecule has 3 amide bonds. The molecule has 0 aromatic heterocycles. The van der Waals surface area contributed by atoms with Gasteiger partial charge in [0, 0.05) is 24.8 Å². The predicted molar refractivity (Wildman–Crippen MR) is 88.8 cm³/mol. The molecule has 23 heavy (non-hydrogen) atoms. The highest BCUT2D eigenvalue weighted by atomic mass is 16.2. The number of nitrogens with one attached hydrogen (secondary N) is 2. The second-order valence-corrected chi connectivity index (χ2v) is 6.59. The molecule has 1 aliphatic carbocycles. The average Bonchev–Trinajstić information content (AvgIpc) is 3.10. The fraction of sp³-hybridized carbons (Fsp3) is 0.529. The van der Waals surface area contributed by atoms with Gasteiger partial charge in [0.1, 0.15) is 6.04 Å². The number of rotatable bonds is 3. The van der Waals surface area contributed by atoms with Gasteiger partial charge < -0.3 is 21.3 Å². The first-order valence-electron chi connectivity index (χ1n) is 8.21. The number of hydrogen-bond donors (Lipinski definition) is 3. The van der Waals surface area contributed by atoms with Crippen LogP contribution in [-0.2, 0) is 4.79 Å². The van der Waals surface area contributed by atoms with E-state index in [1.54, 1.807) is 19.1 Å². The molecule has 4 unspecified atom stereocenters. The maximum atomic E-state index is 12.5. The Morgan fingerprint density at radius 2 is 1.96 bits per heavy atom. The predicted octanol–water partition coefficient (Wildman–Crippen LogP) is 1.39. The fourth-order valence-corrected chi connectivity index (χ4v) is 3.71. The molecular formula is C17H24N4O2. The first kappa shape index (κ1) is 15.8. The molecule has 124 valence electrons. The summed E-state index contributed by atoms with van der Waals surface area (Å²) in [7, 11) is 0. The Morgan fingerprint density at radius 3 is 2.65 bits per heavy atom. The van der Waals surface area contributed by atoms with Crippen LogP contribution in [0.25, 0.3) is 0 Å². The molecule has 1 aliphatic heterocycles. The lowest BCUT2D eigenvalue weighted by Crippen LogP contribution is -2.48. The van der Waals surface area contributed by atoms with Crippen molar-refractivity contribution in [3.63, 3.8) is 0 Å². The van der Waals surface area contributed by atoms with Gasteiger partial charge in [0.25, 0.3) is 0 Å². The van der Waals surface area contributed by atoms with Crippen molar-refractivity contribution in [1.82, 2.24) is 10.2 Å². The van der Waals surface area contributed by atoms with Gasteiger partial charge in [-0.1, -0.05) is 18.2 Å². The second-order valence-electron chi connectivity index (χ2n) is 6.59. The summed E-state index contributed by atoms with van der Waals surface area (Å²) < 4.78 is 0. The van der Waals surface area contributed by atoms with Crippen LogP contribution in [0.3, 0.4) is 0 Å². The van der Waals surface area contributed by atoms with E-state index in [1.165, 1.54) is 0 Å². The summed E-state index contributed by atoms with van der Waals surface area (Å²) in [5.41, 5.74) is 6.81. The second kappa shape index (κ2) is 6.58. The lowest BCUT2D eigenvalue weighted by Gasteiger charge is -2.23. The third-order valence-corrected chi connectivity index (χ3v) is 4.97. The van der Waals surface area contributed by atoms with Crippen LogP contribution in [0, 0.1) is 11.8 Å². The Balaban J connectivity index is 1.51. The fourth-order valence-electron chi connectivity index (χ4n) is 3.71. The zero-order chi connectivity index (χ0) is 16.4. The monoisotopic (exact) mass is 316 g/mol. The van der Waals surface area contributed by atoms with E-state index in [0.717, 1.165) is 25.9 Å². The smallest absolute Gasteiger partial charge is 0.319 e. The number of hydrogen-bond acceptors (Lipinski definition) is 3. The number of nitrogens with two attached hydrogens (primary N) is 1. The Hall–Kier alpha value is -2.08. The van der Waals surface area contributed by atoms with E-state index >= 15 is 0 Å². The Kier molecular flexibility index (Phi) is 4.52. The summed E-state index contributed by atoms with van der Waals surface area (Å²) in [6.45, 7) is 3.21. The average molecular weight is 316 g/mol. The number of nitrogens with zero attached hydrogens (tertiary/aromatic N) is 1. The first-order chi connectivity index (χ1) is 11.0. The minimum Gasteiger partial charge on any atom is -0.340 e. The van der Waals surface area contributed by atoms with Gasteiger partial charge in [-0.2, -0.15) is 0 Å². The molecule has 6 nitrogen and oxygen atoms in total. The summed E-state index contributed by atoms with van der Waals surface area (Å²) in [6.07, 6.45) is 2.16. The quantitative estimate of drug-likeness (QED) is 0.787. The van der Waals surface area contributed by atoms with Gasteiger partial charge in [-0.15, -0.1) is 0 Å². The van der Waals surface area contributed by atoms with Crippen molar-refractivity contribution in [2.75, 3.05) is 18.4 Å². The minimum atomic E-state index is -0.547. The topological polar surface area (TPSA) is 87.5 Å². The molecule has 1 saturated carbocycles. The van der Waals surface area contributed by atoms with Crippen LogP contribution < -0.4 is 16.4 Å². The van der Waals surface area contributed by atoms with Crippen molar-refractivity contribution < 1.29 is 9.59 Å². The van der Waals surface area contributed by atoms with Crippen molar-refractivity contribution in [2.45, 2.75) is 31.8 Å². The summed E-state index contributed by atoms with van der Waals surface area (Å²) in [4.78, 5) is 26.3. The summed E-state index contributed by atoms with van der Waals surface area (Å²) in [5, 5.41) is 5.43. The van der Waals surface area contributed by atoms with Crippen LogP contribution in [0.1, 0.15) is 19.8 Å². The van der Waals surface area contributed by atoms with Gasteiger partial charge in [0.05, 0.1) is 0 Å². The highest BCUT2D eigenvalue weighted by molar-refractivity contribution is 5.93. The van der Waals surface area contributed by atoms with Crippen molar-refractivity contribution in [1.29, 1.82) is 0 Å². The number of amides is 3. The van der Waals surface area contributed by atoms with Crippen LogP contribution in [0.2, 0.25) is 0 Å². The van der Waals surface area contributed by atoms with E-state index in [9.17, 15) is 9.59 Å². The van der Waals surface area contributed by atoms with Crippen molar-refractivity contribution in [3.8, 4) is 0 Å². The zero-order valence-electron chi connectivity index (χ0n) is 13.4. The van der Waals surface area contributed by atoms with E-state index in [4.69, 9.17) is 5.73 Å². The van der Waals surface area contributed by atoms with E-state index in [1.807, 2.05) is 23.1 Å². The summed E-state index contributed by atoms with van der Waals surface area (Å²) in [5.74, 6) is 0.915. The van der Waals surface area contributed by atoms with E-state index in [2.05, 4.69) is 10.6 Å². The normalized spacial score (nSPS) is 27.4. The third-order valence-electron chi connectivity index (χ3n) is 4.97. The lowest BCUT2D eigenvalue weighted by molar-refractivity contribution is -0.132. The number of carbonyl (C=O) groups excluding carboxylic acids is 2. The molecular weight excluding hydrogens is 292 g/mol. The number of likely N-dealkylation sites (tertiary alicyclic amines) is 1. The molecule has 1 aromatic carbocycles. The van der Waals surface area contributed by atoms with Crippen LogP contribution >= 0.6 is 0 Å². The zero-order valence-corrected chi connectivity index (χ0v) is 13.4. The molecule has 0 spiro atoms. The Morgan fingerprint density at radius 1 is 1.22 bits per heavy atom. The molecule has 2 aliphatic rings. The molecule has 0 radical (unpaired) electrons. The highest BCUT2D eigenvalue weighted by Gasteiger charge is 2.43. The van der Waals surface area contributed by atoms with Gasteiger partial charge in [-0.05, 0) is 43.7 Å².